The van der Waals surface area contributed by atoms with Crippen LogP contribution in [0.25, 0.3) is 22.5 Å². The minimum atomic E-state index is -0.187. The summed E-state index contributed by atoms with van der Waals surface area (Å²) in [5.41, 5.74) is 3.69. The lowest BCUT2D eigenvalue weighted by atomic mass is 10.1. The van der Waals surface area contributed by atoms with Crippen LogP contribution < -0.4 is 5.32 Å². The number of hydrogen-bond acceptors (Lipinski definition) is 5. The number of nitrogens with zero attached hydrogens (tertiary/aromatic N) is 3. The first-order chi connectivity index (χ1) is 11.7. The Morgan fingerprint density at radius 1 is 1.12 bits per heavy atom. The number of aromatic amines is 1. The molecule has 4 rings (SSSR count). The van der Waals surface area contributed by atoms with Crippen LogP contribution in [0.3, 0.4) is 0 Å². The van der Waals surface area contributed by atoms with Crippen LogP contribution in [0.1, 0.15) is 16.2 Å². The van der Waals surface area contributed by atoms with Crippen molar-refractivity contribution in [3.8, 4) is 11.5 Å². The van der Waals surface area contributed by atoms with E-state index in [-0.39, 0.29) is 5.91 Å². The molecule has 0 bridgehead atoms. The number of anilines is 1. The second-order valence-corrected chi connectivity index (χ2v) is 5.29. The lowest BCUT2D eigenvalue weighted by Crippen LogP contribution is -2.11. The third-order valence-corrected chi connectivity index (χ3v) is 3.60. The van der Waals surface area contributed by atoms with Crippen molar-refractivity contribution >= 4 is 22.6 Å². The molecular formula is C17H13N5O2. The molecule has 2 N–H and O–H groups in total. The molecule has 7 heteroatoms. The van der Waals surface area contributed by atoms with Crippen LogP contribution in [0.5, 0.6) is 0 Å². The van der Waals surface area contributed by atoms with E-state index in [2.05, 4.69) is 25.5 Å². The Labute approximate surface area is 136 Å². The highest BCUT2D eigenvalue weighted by atomic mass is 16.4. The van der Waals surface area contributed by atoms with E-state index in [1.807, 2.05) is 18.2 Å². The summed E-state index contributed by atoms with van der Waals surface area (Å²) in [6, 6.07) is 12.5. The lowest BCUT2D eigenvalue weighted by Gasteiger charge is -2.06. The van der Waals surface area contributed by atoms with Gasteiger partial charge >= 0.3 is 0 Å². The van der Waals surface area contributed by atoms with Crippen molar-refractivity contribution in [1.29, 1.82) is 0 Å². The minimum absolute atomic E-state index is 0.187. The number of amides is 1. The van der Waals surface area contributed by atoms with Gasteiger partial charge in [-0.2, -0.15) is 0 Å². The van der Waals surface area contributed by atoms with E-state index >= 15 is 0 Å². The first-order valence-electron chi connectivity index (χ1n) is 7.34. The quantitative estimate of drug-likeness (QED) is 0.604. The standard InChI is InChI=1S/C17H13N5O2/c1-10-21-22-17(24-10)11-2-5-13(6-3-11)20-16(23)12-4-7-14-15(8-12)19-9-18-14/h2-9H,1H3,(H,18,19)(H,20,23). The van der Waals surface area contributed by atoms with Crippen molar-refractivity contribution in [3.63, 3.8) is 0 Å². The highest BCUT2D eigenvalue weighted by Gasteiger charge is 2.09. The van der Waals surface area contributed by atoms with Crippen LogP contribution in [0, 0.1) is 6.92 Å². The van der Waals surface area contributed by atoms with Crippen LogP contribution in [-0.2, 0) is 0 Å². The number of nitrogens with one attached hydrogen (secondary N) is 2. The Morgan fingerprint density at radius 2 is 1.96 bits per heavy atom. The Balaban J connectivity index is 1.53. The number of aryl methyl sites for hydroxylation is 1. The van der Waals surface area contributed by atoms with Gasteiger partial charge in [-0.1, -0.05) is 0 Å². The predicted octanol–water partition coefficient (Wildman–Crippen LogP) is 3.17. The van der Waals surface area contributed by atoms with Crippen LogP contribution in [-0.4, -0.2) is 26.1 Å². The number of aromatic nitrogens is 4. The molecule has 0 aliphatic carbocycles. The number of carbonyl (C=O) groups is 1. The van der Waals surface area contributed by atoms with Crippen LogP contribution in [0.4, 0.5) is 5.69 Å². The lowest BCUT2D eigenvalue weighted by molar-refractivity contribution is 0.102. The van der Waals surface area contributed by atoms with Gasteiger partial charge in [0.2, 0.25) is 11.8 Å². The van der Waals surface area contributed by atoms with Crippen molar-refractivity contribution in [2.24, 2.45) is 0 Å². The average molecular weight is 319 g/mol. The molecule has 0 fully saturated rings. The molecule has 2 aromatic carbocycles. The van der Waals surface area contributed by atoms with E-state index in [0.29, 0.717) is 23.0 Å². The maximum absolute atomic E-state index is 12.4. The highest BCUT2D eigenvalue weighted by molar-refractivity contribution is 6.05. The van der Waals surface area contributed by atoms with E-state index in [4.69, 9.17) is 4.42 Å². The SMILES string of the molecule is Cc1nnc(-c2ccc(NC(=O)c3ccc4nc[nH]c4c3)cc2)o1. The van der Waals surface area contributed by atoms with Gasteiger partial charge in [-0.3, -0.25) is 4.79 Å². The molecule has 0 spiro atoms. The predicted molar refractivity (Wildman–Crippen MR) is 88.5 cm³/mol. The molecule has 7 nitrogen and oxygen atoms in total. The Hall–Kier alpha value is -3.48. The zero-order valence-electron chi connectivity index (χ0n) is 12.8. The minimum Gasteiger partial charge on any atom is -0.421 e. The molecule has 1 amide bonds. The average Bonchev–Trinajstić information content (AvgIpc) is 3.23. The largest absolute Gasteiger partial charge is 0.421 e. The van der Waals surface area contributed by atoms with Crippen LogP contribution >= 0.6 is 0 Å². The number of benzene rings is 2. The molecule has 0 saturated heterocycles. The van der Waals surface area contributed by atoms with Crippen molar-refractivity contribution < 1.29 is 9.21 Å². The van der Waals surface area contributed by atoms with Gasteiger partial charge in [0, 0.05) is 23.7 Å². The Bertz CT molecular complexity index is 1020. The zero-order valence-corrected chi connectivity index (χ0v) is 12.8. The summed E-state index contributed by atoms with van der Waals surface area (Å²) in [6.07, 6.45) is 1.60. The van der Waals surface area contributed by atoms with E-state index in [1.54, 1.807) is 37.5 Å². The molecule has 2 aromatic heterocycles. The maximum atomic E-state index is 12.4. The van der Waals surface area contributed by atoms with E-state index < -0.39 is 0 Å². The summed E-state index contributed by atoms with van der Waals surface area (Å²) in [4.78, 5) is 19.5. The molecule has 0 saturated carbocycles. The topological polar surface area (TPSA) is 96.7 Å². The van der Waals surface area contributed by atoms with Gasteiger partial charge in [-0.15, -0.1) is 10.2 Å². The van der Waals surface area contributed by atoms with Crippen molar-refractivity contribution in [2.75, 3.05) is 5.32 Å². The fourth-order valence-electron chi connectivity index (χ4n) is 2.39. The fraction of sp³-hybridized carbons (Fsp3) is 0.0588. The molecule has 24 heavy (non-hydrogen) atoms. The second-order valence-electron chi connectivity index (χ2n) is 5.29. The van der Waals surface area contributed by atoms with Crippen molar-refractivity contribution in [2.45, 2.75) is 6.92 Å². The summed E-state index contributed by atoms with van der Waals surface area (Å²) in [7, 11) is 0. The second kappa shape index (κ2) is 5.62. The normalized spacial score (nSPS) is 10.9. The third kappa shape index (κ3) is 2.63. The Morgan fingerprint density at radius 3 is 2.71 bits per heavy atom. The molecule has 2 heterocycles. The monoisotopic (exact) mass is 319 g/mol. The van der Waals surface area contributed by atoms with Crippen molar-refractivity contribution in [1.82, 2.24) is 20.2 Å². The van der Waals surface area contributed by atoms with Crippen LogP contribution in [0.15, 0.2) is 53.2 Å². The highest BCUT2D eigenvalue weighted by Crippen LogP contribution is 2.20. The summed E-state index contributed by atoms with van der Waals surface area (Å²) in [5, 5.41) is 10.6. The van der Waals surface area contributed by atoms with E-state index in [1.165, 1.54) is 0 Å². The van der Waals surface area contributed by atoms with Gasteiger partial charge in [0.1, 0.15) is 0 Å². The first kappa shape index (κ1) is 14.1. The smallest absolute Gasteiger partial charge is 0.255 e. The van der Waals surface area contributed by atoms with Crippen molar-refractivity contribution in [3.05, 3.63) is 60.2 Å². The Kier molecular flexibility index (Phi) is 3.31. The summed E-state index contributed by atoms with van der Waals surface area (Å²) < 4.78 is 5.37. The molecule has 0 aliphatic rings. The van der Waals surface area contributed by atoms with Gasteiger partial charge in [0.15, 0.2) is 0 Å². The number of H-pyrrole nitrogens is 1. The van der Waals surface area contributed by atoms with Gasteiger partial charge in [0.25, 0.3) is 5.91 Å². The van der Waals surface area contributed by atoms with Gasteiger partial charge in [-0.05, 0) is 42.5 Å². The van der Waals surface area contributed by atoms with E-state index in [9.17, 15) is 4.79 Å². The van der Waals surface area contributed by atoms with Gasteiger partial charge < -0.3 is 14.7 Å². The molecule has 0 radical (unpaired) electrons. The molecule has 4 aromatic rings. The number of carbonyl (C=O) groups excluding carboxylic acids is 1. The van der Waals surface area contributed by atoms with Gasteiger partial charge in [0.05, 0.1) is 17.4 Å². The number of fused-ring (bicyclic) bond motifs is 1. The summed E-state index contributed by atoms with van der Waals surface area (Å²) >= 11 is 0. The molecule has 0 unspecified atom stereocenters. The number of imidazole rings is 1. The maximum Gasteiger partial charge on any atom is 0.255 e. The third-order valence-electron chi connectivity index (χ3n) is 3.60. The molecule has 0 aliphatic heterocycles. The molecular weight excluding hydrogens is 306 g/mol. The molecule has 118 valence electrons. The molecule has 0 atom stereocenters. The fourth-order valence-corrected chi connectivity index (χ4v) is 2.39. The summed E-state index contributed by atoms with van der Waals surface area (Å²) in [5.74, 6) is 0.777. The van der Waals surface area contributed by atoms with Gasteiger partial charge in [-0.25, -0.2) is 4.98 Å². The summed E-state index contributed by atoms with van der Waals surface area (Å²) in [6.45, 7) is 1.74. The first-order valence-corrected chi connectivity index (χ1v) is 7.34. The zero-order chi connectivity index (χ0) is 16.5. The van der Waals surface area contributed by atoms with E-state index in [0.717, 1.165) is 16.6 Å². The van der Waals surface area contributed by atoms with Crippen LogP contribution in [0.2, 0.25) is 0 Å². The number of hydrogen-bond donors (Lipinski definition) is 2. The number of rotatable bonds is 3.